The van der Waals surface area contributed by atoms with E-state index >= 15 is 0 Å². The summed E-state index contributed by atoms with van der Waals surface area (Å²) in [7, 11) is -2.97. The third-order valence-electron chi connectivity index (χ3n) is 5.64. The highest BCUT2D eigenvalue weighted by Gasteiger charge is 2.40. The summed E-state index contributed by atoms with van der Waals surface area (Å²) in [6, 6.07) is 7.28. The lowest BCUT2D eigenvalue weighted by Crippen LogP contribution is -2.39. The van der Waals surface area contributed by atoms with Crippen molar-refractivity contribution in [2.45, 2.75) is 51.2 Å². The van der Waals surface area contributed by atoms with Crippen molar-refractivity contribution >= 4 is 35.7 Å². The fraction of sp³-hybridized carbons (Fsp3) is 0.458. The number of para-hydroxylation sites is 1. The first kappa shape index (κ1) is 30.0. The standard InChI is InChI=1S/C24H31BrN3O9P/c1-15(2)11-18(23(31)34-3)27-38(33,37-17-7-5-4-6-8-17)35-14-20-19(29)12-21(36-20)28-13-16(9-10-25)22(30)26-24(28)32/h4-10,13,15,18-21,29H,11-12,14H2,1-3H3,(H,27,33)(H,26,30,32)/b10-9+/t18-,19?,20+,21+,38?/m0/s1. The summed E-state index contributed by atoms with van der Waals surface area (Å²) in [5.41, 5.74) is -1.09. The summed E-state index contributed by atoms with van der Waals surface area (Å²) >= 11 is 3.09. The molecule has 5 atom stereocenters. The average molecular weight is 616 g/mol. The average Bonchev–Trinajstić information content (AvgIpc) is 3.24. The summed E-state index contributed by atoms with van der Waals surface area (Å²) in [6.07, 6.45) is 0.0687. The van der Waals surface area contributed by atoms with Crippen molar-refractivity contribution in [1.82, 2.24) is 14.6 Å². The van der Waals surface area contributed by atoms with Gasteiger partial charge in [0.25, 0.3) is 5.56 Å². The quantitative estimate of drug-likeness (QED) is 0.239. The predicted molar refractivity (Wildman–Crippen MR) is 143 cm³/mol. The molecular formula is C24H31BrN3O9P. The molecule has 3 N–H and O–H groups in total. The number of H-pyrrole nitrogens is 1. The number of aliphatic hydroxyl groups excluding tert-OH is 1. The van der Waals surface area contributed by atoms with Gasteiger partial charge in [0.2, 0.25) is 0 Å². The Morgan fingerprint density at radius 2 is 2.05 bits per heavy atom. The number of aromatic amines is 1. The highest BCUT2D eigenvalue weighted by atomic mass is 79.9. The number of benzene rings is 1. The fourth-order valence-corrected chi connectivity index (χ4v) is 5.62. The molecule has 0 saturated carbocycles. The van der Waals surface area contributed by atoms with Gasteiger partial charge in [0, 0.05) is 12.6 Å². The predicted octanol–water partition coefficient (Wildman–Crippen LogP) is 2.93. The van der Waals surface area contributed by atoms with Gasteiger partial charge in [-0.3, -0.25) is 23.7 Å². The van der Waals surface area contributed by atoms with Crippen molar-refractivity contribution in [3.05, 3.63) is 67.9 Å². The Bertz CT molecular complexity index is 1280. The molecule has 1 aliphatic heterocycles. The van der Waals surface area contributed by atoms with Gasteiger partial charge in [-0.15, -0.1) is 0 Å². The zero-order valence-corrected chi connectivity index (χ0v) is 23.6. The molecule has 12 nitrogen and oxygen atoms in total. The minimum Gasteiger partial charge on any atom is -0.468 e. The molecule has 0 radical (unpaired) electrons. The van der Waals surface area contributed by atoms with Crippen LogP contribution in [0.2, 0.25) is 0 Å². The van der Waals surface area contributed by atoms with Gasteiger partial charge in [0.1, 0.15) is 24.1 Å². The molecule has 2 unspecified atom stereocenters. The minimum atomic E-state index is -4.20. The van der Waals surface area contributed by atoms with Crippen molar-refractivity contribution in [3.63, 3.8) is 0 Å². The van der Waals surface area contributed by atoms with Crippen LogP contribution in [0.5, 0.6) is 5.75 Å². The summed E-state index contributed by atoms with van der Waals surface area (Å²) in [5, 5.41) is 13.3. The number of carbonyl (C=O) groups excluding carboxylic acids is 1. The first-order valence-electron chi connectivity index (χ1n) is 11.9. The molecule has 1 aliphatic rings. The fourth-order valence-electron chi connectivity index (χ4n) is 3.83. The largest absolute Gasteiger partial charge is 0.468 e. The number of aliphatic hydroxyl groups is 1. The molecule has 14 heteroatoms. The number of nitrogens with zero attached hydrogens (tertiary/aromatic N) is 1. The Balaban J connectivity index is 1.80. The van der Waals surface area contributed by atoms with Crippen molar-refractivity contribution < 1.29 is 33.0 Å². The third kappa shape index (κ3) is 7.98. The van der Waals surface area contributed by atoms with Crippen molar-refractivity contribution in [2.75, 3.05) is 13.7 Å². The van der Waals surface area contributed by atoms with E-state index in [-0.39, 0.29) is 23.7 Å². The first-order valence-corrected chi connectivity index (χ1v) is 14.3. The van der Waals surface area contributed by atoms with Crippen LogP contribution in [0.4, 0.5) is 0 Å². The monoisotopic (exact) mass is 615 g/mol. The lowest BCUT2D eigenvalue weighted by molar-refractivity contribution is -0.143. The minimum absolute atomic E-state index is 0.00680. The molecule has 1 aromatic heterocycles. The summed E-state index contributed by atoms with van der Waals surface area (Å²) < 4.78 is 37.0. The number of rotatable bonds is 12. The van der Waals surface area contributed by atoms with Gasteiger partial charge in [0.15, 0.2) is 0 Å². The van der Waals surface area contributed by atoms with Crippen molar-refractivity contribution in [2.24, 2.45) is 5.92 Å². The number of aromatic nitrogens is 2. The summed E-state index contributed by atoms with van der Waals surface area (Å²) in [6.45, 7) is 3.39. The van der Waals surface area contributed by atoms with E-state index in [0.29, 0.717) is 6.42 Å². The number of ether oxygens (including phenoxy) is 2. The molecule has 2 heterocycles. The second-order valence-corrected chi connectivity index (χ2v) is 11.2. The molecule has 0 spiro atoms. The molecule has 2 aromatic rings. The zero-order chi connectivity index (χ0) is 27.9. The van der Waals surface area contributed by atoms with E-state index in [1.807, 2.05) is 13.8 Å². The number of nitrogens with one attached hydrogen (secondary N) is 2. The SMILES string of the molecule is COC(=O)[C@H](CC(C)C)NP(=O)(OC[C@H]1O[C@@H](n2cc(/C=C/Br)c(=O)[nH]c2=O)CC1O)Oc1ccccc1. The van der Waals surface area contributed by atoms with E-state index in [4.69, 9.17) is 18.5 Å². The van der Waals surface area contributed by atoms with Crippen molar-refractivity contribution in [1.29, 1.82) is 0 Å². The molecule has 0 aliphatic carbocycles. The smallest absolute Gasteiger partial charge is 0.459 e. The lowest BCUT2D eigenvalue weighted by atomic mass is 10.1. The van der Waals surface area contributed by atoms with Gasteiger partial charge in [-0.1, -0.05) is 48.0 Å². The molecule has 38 heavy (non-hydrogen) atoms. The second-order valence-electron chi connectivity index (χ2n) is 9.01. The van der Waals surface area contributed by atoms with Crippen LogP contribution in [0, 0.1) is 5.92 Å². The van der Waals surface area contributed by atoms with Crippen LogP contribution < -0.4 is 20.9 Å². The van der Waals surface area contributed by atoms with Crippen LogP contribution in [0.1, 0.15) is 38.5 Å². The van der Waals surface area contributed by atoms with Crippen LogP contribution in [-0.2, 0) is 23.4 Å². The highest BCUT2D eigenvalue weighted by molar-refractivity contribution is 9.11. The molecule has 3 rings (SSSR count). The Kier molecular flexibility index (Phi) is 10.7. The third-order valence-corrected chi connectivity index (χ3v) is 7.47. The Morgan fingerprint density at radius 1 is 1.34 bits per heavy atom. The maximum absolute atomic E-state index is 13.8. The van der Waals surface area contributed by atoms with Crippen LogP contribution in [0.25, 0.3) is 6.08 Å². The maximum Gasteiger partial charge on any atom is 0.459 e. The highest BCUT2D eigenvalue weighted by Crippen LogP contribution is 2.46. The van der Waals surface area contributed by atoms with Gasteiger partial charge >= 0.3 is 19.4 Å². The molecule has 208 valence electrons. The molecule has 1 fully saturated rings. The number of hydrogen-bond acceptors (Lipinski definition) is 9. The van der Waals surface area contributed by atoms with Crippen LogP contribution in [-0.4, -0.2) is 52.6 Å². The van der Waals surface area contributed by atoms with Crippen LogP contribution >= 0.6 is 23.7 Å². The lowest BCUT2D eigenvalue weighted by Gasteiger charge is -2.26. The van der Waals surface area contributed by atoms with Gasteiger partial charge in [-0.05, 0) is 35.5 Å². The summed E-state index contributed by atoms with van der Waals surface area (Å²) in [4.78, 5) is 40.4. The normalized spacial score (nSPS) is 21.9. The number of methoxy groups -OCH3 is 1. The van der Waals surface area contributed by atoms with Gasteiger partial charge < -0.3 is 19.1 Å². The number of carbonyl (C=O) groups is 1. The van der Waals surface area contributed by atoms with E-state index in [2.05, 4.69) is 26.0 Å². The number of esters is 1. The van der Waals surface area contributed by atoms with Gasteiger partial charge in [0.05, 0.1) is 25.4 Å². The van der Waals surface area contributed by atoms with E-state index in [1.165, 1.54) is 24.4 Å². The second kappa shape index (κ2) is 13.5. The topological polar surface area (TPSA) is 158 Å². The molecule has 1 aromatic carbocycles. The summed E-state index contributed by atoms with van der Waals surface area (Å²) in [5.74, 6) is -0.353. The molecule has 1 saturated heterocycles. The Morgan fingerprint density at radius 3 is 2.68 bits per heavy atom. The first-order chi connectivity index (χ1) is 18.0. The molecular weight excluding hydrogens is 585 g/mol. The van der Waals surface area contributed by atoms with E-state index in [0.717, 1.165) is 4.57 Å². The van der Waals surface area contributed by atoms with E-state index < -0.39 is 56.0 Å². The molecule has 0 bridgehead atoms. The zero-order valence-electron chi connectivity index (χ0n) is 21.1. The van der Waals surface area contributed by atoms with Gasteiger partial charge in [-0.2, -0.15) is 5.09 Å². The van der Waals surface area contributed by atoms with E-state index in [9.17, 15) is 24.1 Å². The Hall–Kier alpha value is -2.54. The van der Waals surface area contributed by atoms with Crippen LogP contribution in [0.15, 0.2) is 51.1 Å². The van der Waals surface area contributed by atoms with E-state index in [1.54, 1.807) is 30.3 Å². The van der Waals surface area contributed by atoms with Crippen molar-refractivity contribution in [3.8, 4) is 5.75 Å². The number of hydrogen-bond donors (Lipinski definition) is 3. The van der Waals surface area contributed by atoms with Gasteiger partial charge in [-0.25, -0.2) is 9.36 Å². The molecule has 0 amide bonds. The number of halogens is 1. The Labute approximate surface area is 227 Å². The van der Waals surface area contributed by atoms with Crippen LogP contribution in [0.3, 0.4) is 0 Å². The maximum atomic E-state index is 13.8.